The van der Waals surface area contributed by atoms with Crippen molar-refractivity contribution in [2.75, 3.05) is 31.6 Å². The number of likely N-dealkylation sites (tertiary alicyclic amines) is 1. The normalized spacial score (nSPS) is 20.8. The minimum atomic E-state index is -1.01. The van der Waals surface area contributed by atoms with Crippen molar-refractivity contribution in [2.45, 2.75) is 58.2 Å². The van der Waals surface area contributed by atoms with Crippen LogP contribution in [0.2, 0.25) is 0 Å². The Hall–Kier alpha value is -2.64. The number of nitrogens with one attached hydrogen (secondary N) is 1. The molecule has 34 heavy (non-hydrogen) atoms. The number of benzene rings is 2. The molecule has 0 aliphatic carbocycles. The Bertz CT molecular complexity index is 904. The predicted molar refractivity (Wildman–Crippen MR) is 132 cm³/mol. The number of aliphatic hydroxyl groups is 1. The van der Waals surface area contributed by atoms with E-state index in [2.05, 4.69) is 26.1 Å². The lowest BCUT2D eigenvalue weighted by Gasteiger charge is -2.45. The molecular weight excluding hydrogens is 435 g/mol. The highest BCUT2D eigenvalue weighted by molar-refractivity contribution is 5.92. The van der Waals surface area contributed by atoms with Gasteiger partial charge in [-0.25, -0.2) is 4.39 Å². The van der Waals surface area contributed by atoms with Crippen LogP contribution in [0.15, 0.2) is 48.5 Å². The maximum atomic E-state index is 13.3. The number of halogens is 1. The standard InChI is InChI=1S/C27H37FN2O4/c1-4-5-16-33-23-12-8-22(9-13-23)29-26(31)19-30-15-14-27(32,17-20(2)3)25(18-30)34-24-10-6-21(28)7-11-24/h6-13,20,25,32H,4-5,14-19H2,1-3H3,(H,29,31)/t25-,27+/m0/s1. The summed E-state index contributed by atoms with van der Waals surface area (Å²) in [5, 5.41) is 14.3. The largest absolute Gasteiger partial charge is 0.494 e. The fourth-order valence-electron chi connectivity index (χ4n) is 4.29. The van der Waals surface area contributed by atoms with Crippen LogP contribution in [0.4, 0.5) is 10.1 Å². The van der Waals surface area contributed by atoms with Crippen LogP contribution >= 0.6 is 0 Å². The molecule has 6 nitrogen and oxygen atoms in total. The second-order valence-corrected chi connectivity index (χ2v) is 9.52. The van der Waals surface area contributed by atoms with Gasteiger partial charge < -0.3 is 19.9 Å². The summed E-state index contributed by atoms with van der Waals surface area (Å²) >= 11 is 0. The van der Waals surface area contributed by atoms with Crippen LogP contribution < -0.4 is 14.8 Å². The van der Waals surface area contributed by atoms with Crippen molar-refractivity contribution in [3.05, 3.63) is 54.3 Å². The molecule has 186 valence electrons. The molecule has 1 amide bonds. The van der Waals surface area contributed by atoms with E-state index < -0.39 is 11.7 Å². The Kier molecular flexibility index (Phi) is 9.30. The SMILES string of the molecule is CCCCOc1ccc(NC(=O)CN2CC[C@@](O)(CC(C)C)[C@@H](Oc3ccc(F)cc3)C2)cc1. The molecule has 7 heteroatoms. The van der Waals surface area contributed by atoms with Gasteiger partial charge in [-0.15, -0.1) is 0 Å². The molecule has 2 aromatic carbocycles. The topological polar surface area (TPSA) is 71.0 Å². The van der Waals surface area contributed by atoms with Gasteiger partial charge in [-0.05, 0) is 73.7 Å². The summed E-state index contributed by atoms with van der Waals surface area (Å²) in [7, 11) is 0. The summed E-state index contributed by atoms with van der Waals surface area (Å²) < 4.78 is 25.1. The minimum Gasteiger partial charge on any atom is -0.494 e. The molecule has 1 saturated heterocycles. The van der Waals surface area contributed by atoms with E-state index in [1.54, 1.807) is 12.1 Å². The second kappa shape index (κ2) is 12.2. The van der Waals surface area contributed by atoms with Crippen LogP contribution in [0.1, 0.15) is 46.5 Å². The summed E-state index contributed by atoms with van der Waals surface area (Å²) in [5.74, 6) is 1.10. The number of anilines is 1. The fourth-order valence-corrected chi connectivity index (χ4v) is 4.29. The molecule has 0 aromatic heterocycles. The maximum Gasteiger partial charge on any atom is 0.238 e. The summed E-state index contributed by atoms with van der Waals surface area (Å²) in [6.07, 6.45) is 2.64. The van der Waals surface area contributed by atoms with Crippen LogP contribution in [0.3, 0.4) is 0 Å². The van der Waals surface area contributed by atoms with Gasteiger partial charge in [0, 0.05) is 18.8 Å². The van der Waals surface area contributed by atoms with Gasteiger partial charge >= 0.3 is 0 Å². The van der Waals surface area contributed by atoms with Gasteiger partial charge in [0.1, 0.15) is 29.0 Å². The molecule has 0 spiro atoms. The third-order valence-corrected chi connectivity index (χ3v) is 6.01. The van der Waals surface area contributed by atoms with Gasteiger partial charge in [-0.1, -0.05) is 27.2 Å². The first kappa shape index (κ1) is 26.0. The number of carbonyl (C=O) groups excluding carboxylic acids is 1. The minimum absolute atomic E-state index is 0.130. The Balaban J connectivity index is 1.58. The van der Waals surface area contributed by atoms with Crippen LogP contribution in [0.5, 0.6) is 11.5 Å². The zero-order chi connectivity index (χ0) is 24.6. The van der Waals surface area contributed by atoms with Crippen molar-refractivity contribution in [1.29, 1.82) is 0 Å². The highest BCUT2D eigenvalue weighted by atomic mass is 19.1. The monoisotopic (exact) mass is 472 g/mol. The first-order valence-electron chi connectivity index (χ1n) is 12.2. The predicted octanol–water partition coefficient (Wildman–Crippen LogP) is 4.87. The lowest BCUT2D eigenvalue weighted by molar-refractivity contribution is -0.129. The van der Waals surface area contributed by atoms with Crippen LogP contribution in [-0.4, -0.2) is 53.9 Å². The number of hydrogen-bond acceptors (Lipinski definition) is 5. The highest BCUT2D eigenvalue weighted by Crippen LogP contribution is 2.32. The number of hydrogen-bond donors (Lipinski definition) is 2. The molecule has 1 aliphatic heterocycles. The first-order valence-corrected chi connectivity index (χ1v) is 12.2. The number of nitrogens with zero attached hydrogens (tertiary/aromatic N) is 1. The van der Waals surface area contributed by atoms with E-state index >= 15 is 0 Å². The van der Waals surface area contributed by atoms with Gasteiger partial charge in [0.2, 0.25) is 5.91 Å². The van der Waals surface area contributed by atoms with Crippen molar-refractivity contribution >= 4 is 11.6 Å². The van der Waals surface area contributed by atoms with E-state index in [0.717, 1.165) is 18.6 Å². The molecule has 3 rings (SSSR count). The molecule has 1 heterocycles. The third kappa shape index (κ3) is 7.71. The summed E-state index contributed by atoms with van der Waals surface area (Å²) in [5.41, 5.74) is -0.302. The average Bonchev–Trinajstić information content (AvgIpc) is 2.78. The first-order chi connectivity index (χ1) is 16.3. The number of amides is 1. The van der Waals surface area contributed by atoms with Gasteiger partial charge in [0.25, 0.3) is 0 Å². The summed E-state index contributed by atoms with van der Waals surface area (Å²) in [4.78, 5) is 14.7. The maximum absolute atomic E-state index is 13.3. The van der Waals surface area contributed by atoms with Gasteiger partial charge in [-0.2, -0.15) is 0 Å². The summed E-state index contributed by atoms with van der Waals surface area (Å²) in [6.45, 7) is 8.10. The molecule has 0 unspecified atom stereocenters. The van der Waals surface area contributed by atoms with Crippen molar-refractivity contribution < 1.29 is 23.8 Å². The third-order valence-electron chi connectivity index (χ3n) is 6.01. The van der Waals surface area contributed by atoms with Crippen LogP contribution in [-0.2, 0) is 4.79 Å². The molecule has 0 bridgehead atoms. The van der Waals surface area contributed by atoms with Crippen molar-refractivity contribution in [3.63, 3.8) is 0 Å². The number of rotatable bonds is 11. The Morgan fingerprint density at radius 3 is 2.50 bits per heavy atom. The average molecular weight is 473 g/mol. The molecule has 2 atom stereocenters. The van der Waals surface area contributed by atoms with Gasteiger partial charge in [0.05, 0.1) is 13.2 Å². The van der Waals surface area contributed by atoms with E-state index in [1.807, 2.05) is 29.2 Å². The lowest BCUT2D eigenvalue weighted by atomic mass is 9.81. The highest BCUT2D eigenvalue weighted by Gasteiger charge is 2.43. The molecule has 2 aromatic rings. The van der Waals surface area contributed by atoms with Gasteiger partial charge in [0.15, 0.2) is 0 Å². The van der Waals surface area contributed by atoms with Crippen molar-refractivity contribution in [1.82, 2.24) is 4.90 Å². The Morgan fingerprint density at radius 1 is 1.18 bits per heavy atom. The number of ether oxygens (including phenoxy) is 2. The number of unbranched alkanes of at least 4 members (excludes halogenated alkanes) is 1. The smallest absolute Gasteiger partial charge is 0.238 e. The second-order valence-electron chi connectivity index (χ2n) is 9.52. The molecule has 0 saturated carbocycles. The van der Waals surface area contributed by atoms with E-state index in [9.17, 15) is 14.3 Å². The molecule has 1 aliphatic rings. The fraction of sp³-hybridized carbons (Fsp3) is 0.519. The van der Waals surface area contributed by atoms with E-state index in [-0.39, 0.29) is 24.2 Å². The van der Waals surface area contributed by atoms with Gasteiger partial charge in [-0.3, -0.25) is 9.69 Å². The molecule has 0 radical (unpaired) electrons. The number of piperidine rings is 1. The molecule has 2 N–H and O–H groups in total. The summed E-state index contributed by atoms with van der Waals surface area (Å²) in [6, 6.07) is 13.2. The van der Waals surface area contributed by atoms with Crippen molar-refractivity contribution in [2.24, 2.45) is 5.92 Å². The molecule has 1 fully saturated rings. The Morgan fingerprint density at radius 2 is 1.85 bits per heavy atom. The zero-order valence-corrected chi connectivity index (χ0v) is 20.4. The zero-order valence-electron chi connectivity index (χ0n) is 20.4. The lowest BCUT2D eigenvalue weighted by Crippen LogP contribution is -2.59. The quantitative estimate of drug-likeness (QED) is 0.457. The molecular formula is C27H37FN2O4. The van der Waals surface area contributed by atoms with Crippen LogP contribution in [0, 0.1) is 11.7 Å². The van der Waals surface area contributed by atoms with Crippen LogP contribution in [0.25, 0.3) is 0 Å². The number of carbonyl (C=O) groups is 1. The van der Waals surface area contributed by atoms with Crippen molar-refractivity contribution in [3.8, 4) is 11.5 Å². The van der Waals surface area contributed by atoms with E-state index in [0.29, 0.717) is 44.0 Å². The van der Waals surface area contributed by atoms with E-state index in [4.69, 9.17) is 9.47 Å². The van der Waals surface area contributed by atoms with E-state index in [1.165, 1.54) is 12.1 Å². The Labute approximate surface area is 202 Å².